The molecule has 2 fully saturated rings. The van der Waals surface area contributed by atoms with E-state index in [1.807, 2.05) is 4.90 Å². The van der Waals surface area contributed by atoms with Crippen LogP contribution in [-0.4, -0.2) is 48.9 Å². The van der Waals surface area contributed by atoms with Crippen molar-refractivity contribution < 1.29 is 9.59 Å². The third-order valence-corrected chi connectivity index (χ3v) is 5.98. The Labute approximate surface area is 163 Å². The maximum atomic E-state index is 13.0. The highest BCUT2D eigenvalue weighted by Gasteiger charge is 2.40. The number of anilines is 1. The number of carbonyl (C=O) groups is 2. The molecule has 27 heavy (non-hydrogen) atoms. The molecule has 0 unspecified atom stereocenters. The Bertz CT molecular complexity index is 672. The van der Waals surface area contributed by atoms with Crippen LogP contribution in [0.4, 0.5) is 5.69 Å². The van der Waals surface area contributed by atoms with Crippen LogP contribution in [0.5, 0.6) is 0 Å². The summed E-state index contributed by atoms with van der Waals surface area (Å²) in [5, 5.41) is 3.12. The minimum absolute atomic E-state index is 0.0558. The summed E-state index contributed by atoms with van der Waals surface area (Å²) in [5.74, 6) is -0.180. The molecule has 0 aromatic heterocycles. The number of carbonyl (C=O) groups excluding carboxylic acids is 2. The second-order valence-corrected chi connectivity index (χ2v) is 8.55. The van der Waals surface area contributed by atoms with E-state index in [0.29, 0.717) is 13.1 Å². The Morgan fingerprint density at radius 1 is 1.04 bits per heavy atom. The van der Waals surface area contributed by atoms with Gasteiger partial charge in [-0.05, 0) is 51.3 Å². The van der Waals surface area contributed by atoms with Crippen molar-refractivity contribution in [3.63, 3.8) is 0 Å². The van der Waals surface area contributed by atoms with Crippen LogP contribution in [0.1, 0.15) is 51.5 Å². The quantitative estimate of drug-likeness (QED) is 0.828. The molecule has 1 aliphatic carbocycles. The monoisotopic (exact) mass is 371 g/mol. The fraction of sp³-hybridized carbons (Fsp3) is 0.636. The van der Waals surface area contributed by atoms with Crippen molar-refractivity contribution in [3.05, 3.63) is 29.8 Å². The molecule has 0 radical (unpaired) electrons. The molecule has 5 nitrogen and oxygen atoms in total. The predicted octanol–water partition coefficient (Wildman–Crippen LogP) is 3.12. The van der Waals surface area contributed by atoms with E-state index < -0.39 is 5.41 Å². The lowest BCUT2D eigenvalue weighted by Gasteiger charge is -2.39. The SMILES string of the molecule is Cc1cccc(N2CCN(C(=O)C(C)(C)C(=O)NC3CCCCC3)CC2)c1. The van der Waals surface area contributed by atoms with Crippen LogP contribution >= 0.6 is 0 Å². The molecule has 2 amide bonds. The lowest BCUT2D eigenvalue weighted by atomic mass is 9.88. The zero-order chi connectivity index (χ0) is 19.4. The van der Waals surface area contributed by atoms with Gasteiger partial charge in [0, 0.05) is 37.9 Å². The topological polar surface area (TPSA) is 52.7 Å². The smallest absolute Gasteiger partial charge is 0.237 e. The van der Waals surface area contributed by atoms with Crippen molar-refractivity contribution in [2.24, 2.45) is 5.41 Å². The van der Waals surface area contributed by atoms with Gasteiger partial charge in [-0.1, -0.05) is 31.4 Å². The molecule has 0 atom stereocenters. The Morgan fingerprint density at radius 3 is 2.33 bits per heavy atom. The highest BCUT2D eigenvalue weighted by Crippen LogP contribution is 2.25. The lowest BCUT2D eigenvalue weighted by Crippen LogP contribution is -2.56. The van der Waals surface area contributed by atoms with Gasteiger partial charge in [-0.2, -0.15) is 0 Å². The first-order valence-electron chi connectivity index (χ1n) is 10.3. The van der Waals surface area contributed by atoms with E-state index in [-0.39, 0.29) is 17.9 Å². The lowest BCUT2D eigenvalue weighted by molar-refractivity contribution is -0.149. The zero-order valence-electron chi connectivity index (χ0n) is 17.0. The second kappa shape index (κ2) is 8.32. The number of rotatable bonds is 4. The van der Waals surface area contributed by atoms with Crippen LogP contribution in [0.3, 0.4) is 0 Å². The number of hydrogen-bond acceptors (Lipinski definition) is 3. The minimum Gasteiger partial charge on any atom is -0.368 e. The Hall–Kier alpha value is -2.04. The molecule has 0 spiro atoms. The van der Waals surface area contributed by atoms with E-state index in [1.165, 1.54) is 30.5 Å². The Kier molecular flexibility index (Phi) is 6.08. The summed E-state index contributed by atoms with van der Waals surface area (Å²) in [6.45, 7) is 8.54. The summed E-state index contributed by atoms with van der Waals surface area (Å²) < 4.78 is 0. The predicted molar refractivity (Wildman–Crippen MR) is 109 cm³/mol. The maximum absolute atomic E-state index is 13.0. The maximum Gasteiger partial charge on any atom is 0.237 e. The number of nitrogens with zero attached hydrogens (tertiary/aromatic N) is 2. The molecule has 5 heteroatoms. The average Bonchev–Trinajstić information content (AvgIpc) is 2.68. The van der Waals surface area contributed by atoms with Crippen LogP contribution in [-0.2, 0) is 9.59 Å². The molecule has 1 saturated heterocycles. The number of piperazine rings is 1. The Morgan fingerprint density at radius 2 is 1.70 bits per heavy atom. The van der Waals surface area contributed by atoms with Gasteiger partial charge in [-0.15, -0.1) is 0 Å². The van der Waals surface area contributed by atoms with Crippen molar-refractivity contribution in [2.75, 3.05) is 31.1 Å². The van der Waals surface area contributed by atoms with Crippen molar-refractivity contribution in [2.45, 2.75) is 58.9 Å². The highest BCUT2D eigenvalue weighted by atomic mass is 16.2. The molecule has 1 heterocycles. The van der Waals surface area contributed by atoms with Crippen LogP contribution in [0.2, 0.25) is 0 Å². The zero-order valence-corrected chi connectivity index (χ0v) is 17.0. The number of hydrogen-bond donors (Lipinski definition) is 1. The van der Waals surface area contributed by atoms with E-state index in [2.05, 4.69) is 41.4 Å². The summed E-state index contributed by atoms with van der Waals surface area (Å²) in [4.78, 5) is 30.0. The number of aryl methyl sites for hydroxylation is 1. The van der Waals surface area contributed by atoms with Crippen molar-refractivity contribution in [1.82, 2.24) is 10.2 Å². The Balaban J connectivity index is 1.56. The van der Waals surface area contributed by atoms with Crippen molar-refractivity contribution in [1.29, 1.82) is 0 Å². The van der Waals surface area contributed by atoms with Gasteiger partial charge in [0.05, 0.1) is 0 Å². The van der Waals surface area contributed by atoms with Gasteiger partial charge in [0.2, 0.25) is 11.8 Å². The van der Waals surface area contributed by atoms with E-state index in [4.69, 9.17) is 0 Å². The van der Waals surface area contributed by atoms with E-state index in [1.54, 1.807) is 13.8 Å². The number of benzene rings is 1. The minimum atomic E-state index is -1.01. The standard InChI is InChI=1S/C22H33N3O2/c1-17-8-7-11-19(16-17)24-12-14-25(15-13-24)21(27)22(2,3)20(26)23-18-9-5-4-6-10-18/h7-8,11,16,18H,4-6,9-10,12-15H2,1-3H3,(H,23,26). The van der Waals surface area contributed by atoms with E-state index >= 15 is 0 Å². The second-order valence-electron chi connectivity index (χ2n) is 8.55. The molecular formula is C22H33N3O2. The summed E-state index contributed by atoms with van der Waals surface area (Å²) in [7, 11) is 0. The fourth-order valence-electron chi connectivity index (χ4n) is 4.10. The van der Waals surface area contributed by atoms with Gasteiger partial charge in [0.1, 0.15) is 5.41 Å². The molecule has 1 aromatic carbocycles. The third kappa shape index (κ3) is 4.63. The van der Waals surface area contributed by atoms with Gasteiger partial charge in [-0.25, -0.2) is 0 Å². The molecule has 148 valence electrons. The molecular weight excluding hydrogens is 338 g/mol. The van der Waals surface area contributed by atoms with Crippen LogP contribution in [0.25, 0.3) is 0 Å². The summed E-state index contributed by atoms with van der Waals surface area (Å²) in [6, 6.07) is 8.69. The molecule has 1 aliphatic heterocycles. The summed E-state index contributed by atoms with van der Waals surface area (Å²) in [5.41, 5.74) is 1.44. The first-order chi connectivity index (χ1) is 12.9. The van der Waals surface area contributed by atoms with Gasteiger partial charge in [0.15, 0.2) is 0 Å². The molecule has 1 saturated carbocycles. The van der Waals surface area contributed by atoms with Crippen LogP contribution in [0, 0.1) is 12.3 Å². The van der Waals surface area contributed by atoms with Gasteiger partial charge in [-0.3, -0.25) is 9.59 Å². The molecule has 1 N–H and O–H groups in total. The van der Waals surface area contributed by atoms with Crippen molar-refractivity contribution in [3.8, 4) is 0 Å². The molecule has 3 rings (SSSR count). The van der Waals surface area contributed by atoms with Crippen LogP contribution < -0.4 is 10.2 Å². The van der Waals surface area contributed by atoms with Crippen molar-refractivity contribution >= 4 is 17.5 Å². The van der Waals surface area contributed by atoms with Gasteiger partial charge < -0.3 is 15.1 Å². The summed E-state index contributed by atoms with van der Waals surface area (Å²) >= 11 is 0. The molecule has 2 aliphatic rings. The average molecular weight is 372 g/mol. The van der Waals surface area contributed by atoms with Gasteiger partial charge in [0.25, 0.3) is 0 Å². The summed E-state index contributed by atoms with van der Waals surface area (Å²) in [6.07, 6.45) is 5.65. The van der Waals surface area contributed by atoms with Gasteiger partial charge >= 0.3 is 0 Å². The number of nitrogens with one attached hydrogen (secondary N) is 1. The first kappa shape index (κ1) is 19.7. The van der Waals surface area contributed by atoms with E-state index in [0.717, 1.165) is 25.9 Å². The number of amides is 2. The van der Waals surface area contributed by atoms with Crippen LogP contribution in [0.15, 0.2) is 24.3 Å². The molecule has 1 aromatic rings. The van der Waals surface area contributed by atoms with E-state index in [9.17, 15) is 9.59 Å². The first-order valence-corrected chi connectivity index (χ1v) is 10.3. The fourth-order valence-corrected chi connectivity index (χ4v) is 4.10. The largest absolute Gasteiger partial charge is 0.368 e. The molecule has 0 bridgehead atoms. The third-order valence-electron chi connectivity index (χ3n) is 5.98. The normalized spacial score (nSPS) is 19.1. The highest BCUT2D eigenvalue weighted by molar-refractivity contribution is 6.04.